The van der Waals surface area contributed by atoms with Crippen LogP contribution in [-0.2, 0) is 4.79 Å². The topological polar surface area (TPSA) is 42.0 Å². The molecule has 0 bridgehead atoms. The Labute approximate surface area is 132 Å². The number of pyridine rings is 1. The van der Waals surface area contributed by atoms with E-state index in [-0.39, 0.29) is 17.9 Å². The maximum absolute atomic E-state index is 12.3. The summed E-state index contributed by atoms with van der Waals surface area (Å²) in [5, 5.41) is 3.08. The van der Waals surface area contributed by atoms with E-state index in [9.17, 15) is 4.79 Å². The lowest BCUT2D eigenvalue weighted by Crippen LogP contribution is -2.28. The van der Waals surface area contributed by atoms with Gasteiger partial charge in [0, 0.05) is 22.8 Å². The van der Waals surface area contributed by atoms with E-state index in [1.54, 1.807) is 12.4 Å². The van der Waals surface area contributed by atoms with E-state index >= 15 is 0 Å². The second kappa shape index (κ2) is 5.98. The predicted octanol–water partition coefficient (Wildman–Crippen LogP) is 3.83. The Kier molecular flexibility index (Phi) is 4.06. The van der Waals surface area contributed by atoms with Crippen LogP contribution < -0.4 is 5.32 Å². The lowest BCUT2D eigenvalue weighted by atomic mass is 10.1. The molecule has 0 aliphatic heterocycles. The first kappa shape index (κ1) is 14.3. The lowest BCUT2D eigenvalue weighted by molar-refractivity contribution is -0.123. The smallest absolute Gasteiger partial charge is 0.224 e. The molecule has 1 aliphatic carbocycles. The molecule has 21 heavy (non-hydrogen) atoms. The number of amides is 1. The van der Waals surface area contributed by atoms with Crippen LogP contribution >= 0.6 is 15.9 Å². The Morgan fingerprint density at radius 3 is 2.86 bits per heavy atom. The summed E-state index contributed by atoms with van der Waals surface area (Å²) in [6.07, 6.45) is 4.46. The summed E-state index contributed by atoms with van der Waals surface area (Å²) >= 11 is 3.56. The van der Waals surface area contributed by atoms with Gasteiger partial charge in [-0.3, -0.25) is 9.78 Å². The molecule has 1 aromatic heterocycles. The van der Waals surface area contributed by atoms with E-state index in [2.05, 4.69) is 32.3 Å². The Hall–Kier alpha value is -1.68. The Bertz CT molecular complexity index is 644. The molecule has 1 fully saturated rings. The summed E-state index contributed by atoms with van der Waals surface area (Å²) in [5.74, 6) is 0.552. The zero-order valence-corrected chi connectivity index (χ0v) is 13.4. The summed E-state index contributed by atoms with van der Waals surface area (Å²) in [4.78, 5) is 16.4. The highest BCUT2D eigenvalue weighted by Gasteiger charge is 2.44. The molecule has 0 spiro atoms. The highest BCUT2D eigenvalue weighted by Crippen LogP contribution is 2.49. The predicted molar refractivity (Wildman–Crippen MR) is 85.8 cm³/mol. The number of benzene rings is 1. The average Bonchev–Trinajstić information content (AvgIpc) is 3.29. The van der Waals surface area contributed by atoms with E-state index in [4.69, 9.17) is 0 Å². The van der Waals surface area contributed by atoms with Gasteiger partial charge in [0.15, 0.2) is 0 Å². The van der Waals surface area contributed by atoms with Gasteiger partial charge in [-0.1, -0.05) is 40.2 Å². The van der Waals surface area contributed by atoms with Gasteiger partial charge in [0.05, 0.1) is 6.04 Å². The fraction of sp³-hybridized carbons (Fsp3) is 0.294. The van der Waals surface area contributed by atoms with Crippen LogP contribution in [0, 0.1) is 5.92 Å². The quantitative estimate of drug-likeness (QED) is 0.915. The number of aromatic nitrogens is 1. The standard InChI is InChI=1S/C17H17BrN2O/c1-11(12-5-4-8-19-10-12)20-17(21)15-9-14(15)13-6-2-3-7-16(13)18/h2-8,10-11,14-15H,9H2,1H3,(H,20,21)/t11-,14+,15-/m0/s1. The Balaban J connectivity index is 1.62. The molecule has 0 radical (unpaired) electrons. The van der Waals surface area contributed by atoms with E-state index in [1.807, 2.05) is 37.3 Å². The minimum absolute atomic E-state index is 0.00772. The molecule has 1 aromatic carbocycles. The normalized spacial score (nSPS) is 21.6. The molecule has 0 unspecified atom stereocenters. The Morgan fingerprint density at radius 1 is 1.33 bits per heavy atom. The molecule has 3 rings (SSSR count). The molecule has 1 saturated carbocycles. The van der Waals surface area contributed by atoms with Crippen molar-refractivity contribution in [2.24, 2.45) is 5.92 Å². The second-order valence-electron chi connectivity index (χ2n) is 5.49. The second-order valence-corrected chi connectivity index (χ2v) is 6.34. The lowest BCUT2D eigenvalue weighted by Gasteiger charge is -2.14. The maximum Gasteiger partial charge on any atom is 0.224 e. The average molecular weight is 345 g/mol. The van der Waals surface area contributed by atoms with Crippen LogP contribution in [0.1, 0.15) is 36.4 Å². The zero-order valence-electron chi connectivity index (χ0n) is 11.8. The molecule has 0 saturated heterocycles. The molecule has 3 atom stereocenters. The van der Waals surface area contributed by atoms with Crippen LogP contribution in [-0.4, -0.2) is 10.9 Å². The number of nitrogens with one attached hydrogen (secondary N) is 1. The summed E-state index contributed by atoms with van der Waals surface area (Å²) < 4.78 is 1.09. The molecule has 3 nitrogen and oxygen atoms in total. The molecular weight excluding hydrogens is 328 g/mol. The van der Waals surface area contributed by atoms with Crippen molar-refractivity contribution in [3.63, 3.8) is 0 Å². The number of hydrogen-bond acceptors (Lipinski definition) is 2. The van der Waals surface area contributed by atoms with Crippen molar-refractivity contribution in [1.29, 1.82) is 0 Å². The van der Waals surface area contributed by atoms with Gasteiger partial charge in [-0.25, -0.2) is 0 Å². The maximum atomic E-state index is 12.3. The third kappa shape index (κ3) is 3.16. The van der Waals surface area contributed by atoms with Crippen LogP contribution in [0.25, 0.3) is 0 Å². The fourth-order valence-corrected chi connectivity index (χ4v) is 3.22. The van der Waals surface area contributed by atoms with Crippen LogP contribution in [0.5, 0.6) is 0 Å². The van der Waals surface area contributed by atoms with Crippen molar-refractivity contribution in [1.82, 2.24) is 10.3 Å². The number of halogens is 1. The first-order chi connectivity index (χ1) is 10.2. The van der Waals surface area contributed by atoms with Gasteiger partial charge in [0.1, 0.15) is 0 Å². The molecule has 1 amide bonds. The van der Waals surface area contributed by atoms with Crippen LogP contribution in [0.2, 0.25) is 0 Å². The summed E-state index contributed by atoms with van der Waals surface area (Å²) in [5.41, 5.74) is 2.26. The molecule has 1 heterocycles. The van der Waals surface area contributed by atoms with Crippen LogP contribution in [0.4, 0.5) is 0 Å². The van der Waals surface area contributed by atoms with Crippen LogP contribution in [0.3, 0.4) is 0 Å². The van der Waals surface area contributed by atoms with Crippen molar-refractivity contribution < 1.29 is 4.79 Å². The number of nitrogens with zero attached hydrogens (tertiary/aromatic N) is 1. The molecule has 2 aromatic rings. The summed E-state index contributed by atoms with van der Waals surface area (Å²) in [6.45, 7) is 1.99. The minimum atomic E-state index is -0.00772. The molecule has 108 valence electrons. The van der Waals surface area contributed by atoms with E-state index in [0.717, 1.165) is 16.5 Å². The number of rotatable bonds is 4. The van der Waals surface area contributed by atoms with Crippen molar-refractivity contribution in [3.8, 4) is 0 Å². The van der Waals surface area contributed by atoms with Gasteiger partial charge in [-0.15, -0.1) is 0 Å². The molecular formula is C17H17BrN2O. The SMILES string of the molecule is C[C@H](NC(=O)[C@H]1C[C@@H]1c1ccccc1Br)c1cccnc1. The van der Waals surface area contributed by atoms with E-state index < -0.39 is 0 Å². The first-order valence-corrected chi connectivity index (χ1v) is 7.91. The third-order valence-corrected chi connectivity index (χ3v) is 4.70. The van der Waals surface area contributed by atoms with Gasteiger partial charge in [-0.05, 0) is 42.5 Å². The van der Waals surface area contributed by atoms with Crippen LogP contribution in [0.15, 0.2) is 53.3 Å². The van der Waals surface area contributed by atoms with Crippen molar-refractivity contribution in [3.05, 3.63) is 64.4 Å². The summed E-state index contributed by atoms with van der Waals surface area (Å²) in [6, 6.07) is 12.0. The molecule has 4 heteroatoms. The first-order valence-electron chi connectivity index (χ1n) is 7.11. The largest absolute Gasteiger partial charge is 0.349 e. The molecule has 1 aliphatic rings. The van der Waals surface area contributed by atoms with Crippen molar-refractivity contribution >= 4 is 21.8 Å². The van der Waals surface area contributed by atoms with Crippen molar-refractivity contribution in [2.75, 3.05) is 0 Å². The van der Waals surface area contributed by atoms with Gasteiger partial charge in [0.25, 0.3) is 0 Å². The monoisotopic (exact) mass is 344 g/mol. The highest BCUT2D eigenvalue weighted by atomic mass is 79.9. The van der Waals surface area contributed by atoms with Gasteiger partial charge in [-0.2, -0.15) is 0 Å². The van der Waals surface area contributed by atoms with E-state index in [0.29, 0.717) is 5.92 Å². The van der Waals surface area contributed by atoms with Gasteiger partial charge in [0.2, 0.25) is 5.91 Å². The third-order valence-electron chi connectivity index (χ3n) is 3.98. The summed E-state index contributed by atoms with van der Waals surface area (Å²) in [7, 11) is 0. The van der Waals surface area contributed by atoms with Gasteiger partial charge >= 0.3 is 0 Å². The minimum Gasteiger partial charge on any atom is -0.349 e. The molecule has 1 N–H and O–H groups in total. The van der Waals surface area contributed by atoms with Crippen molar-refractivity contribution in [2.45, 2.75) is 25.3 Å². The van der Waals surface area contributed by atoms with E-state index in [1.165, 1.54) is 5.56 Å². The highest BCUT2D eigenvalue weighted by molar-refractivity contribution is 9.10. The number of carbonyl (C=O) groups excluding carboxylic acids is 1. The van der Waals surface area contributed by atoms with Gasteiger partial charge < -0.3 is 5.32 Å². The Morgan fingerprint density at radius 2 is 2.14 bits per heavy atom. The fourth-order valence-electron chi connectivity index (χ4n) is 2.64. The number of carbonyl (C=O) groups is 1. The number of hydrogen-bond donors (Lipinski definition) is 1. The zero-order chi connectivity index (χ0) is 14.8.